The molecular formula is C12H15F2NO. The molecule has 1 aromatic carbocycles. The third-order valence-corrected chi connectivity index (χ3v) is 2.68. The van der Waals surface area contributed by atoms with Gasteiger partial charge in [-0.15, -0.1) is 0 Å². The molecule has 1 saturated heterocycles. The molecule has 0 amide bonds. The zero-order valence-electron chi connectivity index (χ0n) is 9.01. The lowest BCUT2D eigenvalue weighted by molar-refractivity contribution is 0.0699. The van der Waals surface area contributed by atoms with E-state index in [0.29, 0.717) is 24.8 Å². The molecule has 0 bridgehead atoms. The first-order chi connectivity index (χ1) is 7.74. The molecule has 0 spiro atoms. The molecule has 0 aromatic heterocycles. The molecule has 1 heterocycles. The van der Waals surface area contributed by atoms with E-state index in [1.807, 2.05) is 0 Å². The van der Waals surface area contributed by atoms with Crippen LogP contribution in [0.25, 0.3) is 0 Å². The summed E-state index contributed by atoms with van der Waals surface area (Å²) in [5.74, 6) is -1.06. The van der Waals surface area contributed by atoms with E-state index in [-0.39, 0.29) is 0 Å². The lowest BCUT2D eigenvalue weighted by Crippen LogP contribution is -2.36. The van der Waals surface area contributed by atoms with Crippen molar-refractivity contribution in [2.75, 3.05) is 13.2 Å². The fourth-order valence-corrected chi connectivity index (χ4v) is 1.88. The van der Waals surface area contributed by atoms with Crippen molar-refractivity contribution in [3.63, 3.8) is 0 Å². The summed E-state index contributed by atoms with van der Waals surface area (Å²) < 4.78 is 31.1. The molecule has 1 aliphatic rings. The van der Waals surface area contributed by atoms with E-state index in [1.54, 1.807) is 0 Å². The Morgan fingerprint density at radius 1 is 1.25 bits per heavy atom. The largest absolute Gasteiger partial charge is 0.380 e. The van der Waals surface area contributed by atoms with Crippen LogP contribution in [-0.2, 0) is 11.3 Å². The third kappa shape index (κ3) is 3.25. The highest BCUT2D eigenvalue weighted by Crippen LogP contribution is 2.10. The minimum absolute atomic E-state index is 0.292. The molecule has 0 aliphatic carbocycles. The van der Waals surface area contributed by atoms with Crippen LogP contribution in [0.4, 0.5) is 8.78 Å². The Balaban J connectivity index is 1.88. The van der Waals surface area contributed by atoms with E-state index in [2.05, 4.69) is 5.32 Å². The highest BCUT2D eigenvalue weighted by Gasteiger charge is 2.13. The van der Waals surface area contributed by atoms with Crippen molar-refractivity contribution < 1.29 is 13.5 Å². The Hall–Kier alpha value is -1.00. The van der Waals surface area contributed by atoms with Crippen LogP contribution in [0, 0.1) is 11.6 Å². The Kier molecular flexibility index (Phi) is 3.85. The maximum absolute atomic E-state index is 12.9. The molecule has 16 heavy (non-hydrogen) atoms. The molecule has 1 fully saturated rings. The van der Waals surface area contributed by atoms with Gasteiger partial charge in [0.2, 0.25) is 0 Å². The number of rotatable bonds is 3. The second-order valence-electron chi connectivity index (χ2n) is 4.07. The van der Waals surface area contributed by atoms with E-state index < -0.39 is 11.6 Å². The van der Waals surface area contributed by atoms with Crippen molar-refractivity contribution in [2.24, 2.45) is 0 Å². The van der Waals surface area contributed by atoms with Gasteiger partial charge in [-0.1, -0.05) is 0 Å². The SMILES string of the molecule is Fc1cc(F)cc(CNC2CCCOC2)c1. The zero-order valence-corrected chi connectivity index (χ0v) is 9.01. The Morgan fingerprint density at radius 2 is 2.00 bits per heavy atom. The van der Waals surface area contributed by atoms with Crippen LogP contribution in [0.1, 0.15) is 18.4 Å². The Bertz CT molecular complexity index is 331. The molecule has 0 saturated carbocycles. The van der Waals surface area contributed by atoms with Crippen molar-refractivity contribution in [2.45, 2.75) is 25.4 Å². The maximum atomic E-state index is 12.9. The monoisotopic (exact) mass is 227 g/mol. The number of ether oxygens (including phenoxy) is 1. The van der Waals surface area contributed by atoms with Crippen LogP contribution in [0.5, 0.6) is 0 Å². The molecule has 1 unspecified atom stereocenters. The van der Waals surface area contributed by atoms with Crippen LogP contribution in [-0.4, -0.2) is 19.3 Å². The van der Waals surface area contributed by atoms with Crippen molar-refractivity contribution in [1.29, 1.82) is 0 Å². The van der Waals surface area contributed by atoms with Gasteiger partial charge in [0.25, 0.3) is 0 Å². The number of hydrogen-bond acceptors (Lipinski definition) is 2. The number of benzene rings is 1. The van der Waals surface area contributed by atoms with E-state index in [1.165, 1.54) is 12.1 Å². The molecule has 1 atom stereocenters. The number of hydrogen-bond donors (Lipinski definition) is 1. The first-order valence-electron chi connectivity index (χ1n) is 5.50. The van der Waals surface area contributed by atoms with Gasteiger partial charge in [0, 0.05) is 25.3 Å². The van der Waals surface area contributed by atoms with Gasteiger partial charge in [-0.3, -0.25) is 0 Å². The summed E-state index contributed by atoms with van der Waals surface area (Å²) in [6, 6.07) is 3.87. The van der Waals surface area contributed by atoms with Gasteiger partial charge in [-0.05, 0) is 30.5 Å². The quantitative estimate of drug-likeness (QED) is 0.855. The average molecular weight is 227 g/mol. The van der Waals surface area contributed by atoms with E-state index >= 15 is 0 Å². The van der Waals surface area contributed by atoms with Crippen LogP contribution >= 0.6 is 0 Å². The predicted molar refractivity (Wildman–Crippen MR) is 57.0 cm³/mol. The first kappa shape index (κ1) is 11.5. The first-order valence-corrected chi connectivity index (χ1v) is 5.50. The normalized spacial score (nSPS) is 21.0. The summed E-state index contributed by atoms with van der Waals surface area (Å²) in [4.78, 5) is 0. The molecule has 88 valence electrons. The van der Waals surface area contributed by atoms with E-state index in [0.717, 1.165) is 25.5 Å². The molecule has 1 N–H and O–H groups in total. The zero-order chi connectivity index (χ0) is 11.4. The lowest BCUT2D eigenvalue weighted by Gasteiger charge is -2.23. The van der Waals surface area contributed by atoms with Crippen LogP contribution in [0.15, 0.2) is 18.2 Å². The predicted octanol–water partition coefficient (Wildman–Crippen LogP) is 2.23. The van der Waals surface area contributed by atoms with Crippen LogP contribution < -0.4 is 5.32 Å². The molecule has 2 nitrogen and oxygen atoms in total. The summed E-state index contributed by atoms with van der Waals surface area (Å²) in [7, 11) is 0. The summed E-state index contributed by atoms with van der Waals surface area (Å²) in [6.45, 7) is 1.97. The van der Waals surface area contributed by atoms with Crippen LogP contribution in [0.3, 0.4) is 0 Å². The minimum atomic E-state index is -0.531. The fourth-order valence-electron chi connectivity index (χ4n) is 1.88. The highest BCUT2D eigenvalue weighted by atomic mass is 19.1. The maximum Gasteiger partial charge on any atom is 0.126 e. The minimum Gasteiger partial charge on any atom is -0.380 e. The van der Waals surface area contributed by atoms with E-state index in [4.69, 9.17) is 4.74 Å². The Morgan fingerprint density at radius 3 is 2.62 bits per heavy atom. The van der Waals surface area contributed by atoms with E-state index in [9.17, 15) is 8.78 Å². The van der Waals surface area contributed by atoms with Gasteiger partial charge in [-0.2, -0.15) is 0 Å². The smallest absolute Gasteiger partial charge is 0.126 e. The van der Waals surface area contributed by atoms with Gasteiger partial charge < -0.3 is 10.1 Å². The van der Waals surface area contributed by atoms with Gasteiger partial charge in [-0.25, -0.2) is 8.78 Å². The summed E-state index contributed by atoms with van der Waals surface area (Å²) in [5, 5.41) is 3.23. The second-order valence-corrected chi connectivity index (χ2v) is 4.07. The van der Waals surface area contributed by atoms with Crippen LogP contribution in [0.2, 0.25) is 0 Å². The van der Waals surface area contributed by atoms with Crippen molar-refractivity contribution in [3.8, 4) is 0 Å². The van der Waals surface area contributed by atoms with Crippen molar-refractivity contribution in [3.05, 3.63) is 35.4 Å². The molecular weight excluding hydrogens is 212 g/mol. The summed E-state index contributed by atoms with van der Waals surface area (Å²) in [5.41, 5.74) is 0.628. The van der Waals surface area contributed by atoms with Crippen molar-refractivity contribution in [1.82, 2.24) is 5.32 Å². The molecule has 1 aromatic rings. The molecule has 4 heteroatoms. The number of nitrogens with one attached hydrogen (secondary N) is 1. The van der Waals surface area contributed by atoms with Gasteiger partial charge in [0.05, 0.1) is 6.61 Å². The molecule has 2 rings (SSSR count). The molecule has 0 radical (unpaired) electrons. The van der Waals surface area contributed by atoms with Gasteiger partial charge in [0.1, 0.15) is 11.6 Å². The Labute approximate surface area is 93.6 Å². The van der Waals surface area contributed by atoms with Gasteiger partial charge >= 0.3 is 0 Å². The second kappa shape index (κ2) is 5.37. The number of halogens is 2. The third-order valence-electron chi connectivity index (χ3n) is 2.68. The standard InChI is InChI=1S/C12H15F2NO/c13-10-4-9(5-11(14)6-10)7-15-12-2-1-3-16-8-12/h4-6,12,15H,1-3,7-8H2. The topological polar surface area (TPSA) is 21.3 Å². The summed E-state index contributed by atoms with van der Waals surface area (Å²) in [6.07, 6.45) is 2.09. The highest BCUT2D eigenvalue weighted by molar-refractivity contribution is 5.17. The lowest BCUT2D eigenvalue weighted by atomic mass is 10.1. The van der Waals surface area contributed by atoms with Crippen molar-refractivity contribution >= 4 is 0 Å². The fraction of sp³-hybridized carbons (Fsp3) is 0.500. The summed E-state index contributed by atoms with van der Waals surface area (Å²) >= 11 is 0. The molecule has 1 aliphatic heterocycles. The average Bonchev–Trinajstić information content (AvgIpc) is 2.27. The van der Waals surface area contributed by atoms with Gasteiger partial charge in [0.15, 0.2) is 0 Å².